The van der Waals surface area contributed by atoms with Crippen molar-refractivity contribution in [1.82, 2.24) is 14.8 Å². The first-order valence-corrected chi connectivity index (χ1v) is 10.9. The monoisotopic (exact) mass is 474 g/mol. The van der Waals surface area contributed by atoms with E-state index in [0.29, 0.717) is 30.0 Å². The first-order valence-electron chi connectivity index (χ1n) is 9.96. The van der Waals surface area contributed by atoms with E-state index in [0.717, 1.165) is 12.1 Å². The molecule has 3 rings (SSSR count). The van der Waals surface area contributed by atoms with Gasteiger partial charge in [-0.3, -0.25) is 9.78 Å². The molecule has 4 N–H and O–H groups in total. The average molecular weight is 475 g/mol. The summed E-state index contributed by atoms with van der Waals surface area (Å²) in [7, 11) is 3.75. The molecule has 0 radical (unpaired) electrons. The number of benzene rings is 1. The van der Waals surface area contributed by atoms with Crippen LogP contribution in [-0.4, -0.2) is 53.9 Å². The number of hydrogen-bond acceptors (Lipinski definition) is 6. The van der Waals surface area contributed by atoms with Crippen LogP contribution in [-0.2, 0) is 6.54 Å². The van der Waals surface area contributed by atoms with Crippen LogP contribution in [0.4, 0.5) is 30.6 Å². The highest BCUT2D eigenvalue weighted by Crippen LogP contribution is 2.23. The summed E-state index contributed by atoms with van der Waals surface area (Å²) in [6.45, 7) is 1.17. The quantitative estimate of drug-likeness (QED) is 0.460. The van der Waals surface area contributed by atoms with Crippen LogP contribution in [0.2, 0.25) is 0 Å². The fourth-order valence-corrected chi connectivity index (χ4v) is 3.49. The van der Waals surface area contributed by atoms with Gasteiger partial charge in [-0.2, -0.15) is 0 Å². The van der Waals surface area contributed by atoms with Gasteiger partial charge in [0.15, 0.2) is 11.6 Å². The smallest absolute Gasteiger partial charge is 0.322 e. The molecule has 3 aromatic rings. The van der Waals surface area contributed by atoms with Gasteiger partial charge >= 0.3 is 6.03 Å². The van der Waals surface area contributed by atoms with Crippen LogP contribution in [0.15, 0.2) is 47.3 Å². The molecule has 11 heteroatoms. The number of hydrogen-bond donors (Lipinski definition) is 3. The molecule has 8 nitrogen and oxygen atoms in total. The Hall–Kier alpha value is -3.57. The fourth-order valence-electron chi connectivity index (χ4n) is 2.82. The molecule has 2 heterocycles. The number of nitrogen functional groups attached to an aromatic ring is 1. The second kappa shape index (κ2) is 10.8. The normalized spacial score (nSPS) is 10.8. The largest absolute Gasteiger partial charge is 0.396 e. The predicted molar refractivity (Wildman–Crippen MR) is 125 cm³/mol. The summed E-state index contributed by atoms with van der Waals surface area (Å²) in [5.41, 5.74) is 7.84. The Morgan fingerprint density at radius 2 is 1.85 bits per heavy atom. The number of halogens is 2. The summed E-state index contributed by atoms with van der Waals surface area (Å²) in [5, 5.41) is 8.73. The van der Waals surface area contributed by atoms with Crippen LogP contribution in [0.3, 0.4) is 0 Å². The number of likely N-dealkylation sites (N-methyl/N-ethyl adjacent to an activating group) is 1. The van der Waals surface area contributed by atoms with Crippen LogP contribution in [0.5, 0.6) is 0 Å². The van der Waals surface area contributed by atoms with Gasteiger partial charge in [0.25, 0.3) is 5.91 Å². The number of nitrogens with one attached hydrogen (secondary N) is 2. The number of aromatic nitrogens is 1. The van der Waals surface area contributed by atoms with Gasteiger partial charge in [0.05, 0.1) is 11.4 Å². The molecule has 0 saturated carbocycles. The van der Waals surface area contributed by atoms with E-state index in [1.54, 1.807) is 22.9 Å². The third-order valence-corrected chi connectivity index (χ3v) is 5.41. The summed E-state index contributed by atoms with van der Waals surface area (Å²) in [5.74, 6) is -2.43. The zero-order valence-electron chi connectivity index (χ0n) is 18.1. The van der Waals surface area contributed by atoms with Gasteiger partial charge in [-0.05, 0) is 37.9 Å². The Morgan fingerprint density at radius 1 is 1.06 bits per heavy atom. The van der Waals surface area contributed by atoms with Crippen molar-refractivity contribution in [2.75, 3.05) is 43.6 Å². The van der Waals surface area contributed by atoms with Gasteiger partial charge in [0.2, 0.25) is 0 Å². The first-order chi connectivity index (χ1) is 15.7. The van der Waals surface area contributed by atoms with Crippen LogP contribution in [0.1, 0.15) is 16.1 Å². The molecular formula is C22H24F2N6O2S. The molecular weight excluding hydrogens is 450 g/mol. The number of anilines is 3. The highest BCUT2D eigenvalue weighted by atomic mass is 32.1. The minimum Gasteiger partial charge on any atom is -0.396 e. The number of nitrogens with zero attached hydrogens (tertiary/aromatic N) is 3. The molecule has 33 heavy (non-hydrogen) atoms. The van der Waals surface area contributed by atoms with E-state index in [9.17, 15) is 18.4 Å². The van der Waals surface area contributed by atoms with E-state index < -0.39 is 23.6 Å². The van der Waals surface area contributed by atoms with Crippen molar-refractivity contribution in [3.8, 4) is 0 Å². The Labute approximate surface area is 194 Å². The Morgan fingerprint density at radius 3 is 2.45 bits per heavy atom. The molecule has 174 valence electrons. The number of carbonyl (C=O) groups is 2. The highest BCUT2D eigenvalue weighted by Gasteiger charge is 2.17. The van der Waals surface area contributed by atoms with Crippen LogP contribution in [0.25, 0.3) is 0 Å². The Balaban J connectivity index is 1.68. The summed E-state index contributed by atoms with van der Waals surface area (Å²) in [6, 6.07) is 5.95. The molecule has 0 saturated heterocycles. The van der Waals surface area contributed by atoms with E-state index in [2.05, 4.69) is 15.6 Å². The highest BCUT2D eigenvalue weighted by molar-refractivity contribution is 7.09. The SMILES string of the molecule is CN(C)CCN(Cc1ccc(C(=O)Nc2cscc2N)nc1)C(=O)Nc1ccc(F)c(F)c1. The topological polar surface area (TPSA) is 104 Å². The molecule has 0 bridgehead atoms. The number of rotatable bonds is 8. The number of urea groups is 1. The third-order valence-electron chi connectivity index (χ3n) is 4.65. The van der Waals surface area contributed by atoms with Crippen molar-refractivity contribution in [3.05, 3.63) is 70.2 Å². The summed E-state index contributed by atoms with van der Waals surface area (Å²) in [4.78, 5) is 32.8. The van der Waals surface area contributed by atoms with E-state index >= 15 is 0 Å². The lowest BCUT2D eigenvalue weighted by Crippen LogP contribution is -2.39. The molecule has 0 spiro atoms. The Bertz CT molecular complexity index is 1120. The average Bonchev–Trinajstić information content (AvgIpc) is 3.18. The van der Waals surface area contributed by atoms with Crippen molar-refractivity contribution in [3.63, 3.8) is 0 Å². The lowest BCUT2D eigenvalue weighted by Gasteiger charge is -2.25. The van der Waals surface area contributed by atoms with E-state index in [1.807, 2.05) is 19.0 Å². The van der Waals surface area contributed by atoms with E-state index in [4.69, 9.17) is 5.73 Å². The second-order valence-electron chi connectivity index (χ2n) is 7.53. The summed E-state index contributed by atoms with van der Waals surface area (Å²) < 4.78 is 26.6. The van der Waals surface area contributed by atoms with Gasteiger partial charge in [-0.15, -0.1) is 11.3 Å². The zero-order chi connectivity index (χ0) is 24.0. The zero-order valence-corrected chi connectivity index (χ0v) is 19.0. The van der Waals surface area contributed by atoms with Crippen molar-refractivity contribution >= 4 is 40.3 Å². The second-order valence-corrected chi connectivity index (χ2v) is 8.27. The minimum atomic E-state index is -1.05. The Kier molecular flexibility index (Phi) is 7.91. The fraction of sp³-hybridized carbons (Fsp3) is 0.227. The molecule has 0 aliphatic heterocycles. The van der Waals surface area contributed by atoms with Crippen molar-refractivity contribution in [1.29, 1.82) is 0 Å². The van der Waals surface area contributed by atoms with Gasteiger partial charge in [-0.1, -0.05) is 6.07 Å². The molecule has 0 atom stereocenters. The van der Waals surface area contributed by atoms with Gasteiger partial charge in [0, 0.05) is 48.3 Å². The first kappa shape index (κ1) is 24.1. The summed E-state index contributed by atoms with van der Waals surface area (Å²) in [6.07, 6.45) is 1.51. The van der Waals surface area contributed by atoms with Crippen LogP contribution in [0, 0.1) is 11.6 Å². The van der Waals surface area contributed by atoms with E-state index in [-0.39, 0.29) is 17.9 Å². The number of pyridine rings is 1. The molecule has 0 unspecified atom stereocenters. The molecule has 2 aromatic heterocycles. The predicted octanol–water partition coefficient (Wildman–Crippen LogP) is 3.85. The van der Waals surface area contributed by atoms with Crippen molar-refractivity contribution < 1.29 is 18.4 Å². The van der Waals surface area contributed by atoms with E-state index in [1.165, 1.54) is 28.5 Å². The number of nitrogens with two attached hydrogens (primary N) is 1. The van der Waals surface area contributed by atoms with Crippen molar-refractivity contribution in [2.24, 2.45) is 0 Å². The molecule has 0 fully saturated rings. The van der Waals surface area contributed by atoms with Gasteiger partial charge in [0.1, 0.15) is 5.69 Å². The maximum absolute atomic E-state index is 13.5. The van der Waals surface area contributed by atoms with Crippen LogP contribution >= 0.6 is 11.3 Å². The maximum atomic E-state index is 13.5. The summed E-state index contributed by atoms with van der Waals surface area (Å²) >= 11 is 1.38. The minimum absolute atomic E-state index is 0.145. The molecule has 0 aliphatic rings. The lowest BCUT2D eigenvalue weighted by molar-refractivity contribution is 0.102. The number of thiophene rings is 1. The van der Waals surface area contributed by atoms with Crippen LogP contribution < -0.4 is 16.4 Å². The lowest BCUT2D eigenvalue weighted by atomic mass is 10.2. The van der Waals surface area contributed by atoms with Gasteiger partial charge < -0.3 is 26.2 Å². The maximum Gasteiger partial charge on any atom is 0.322 e. The third kappa shape index (κ3) is 6.70. The number of carbonyl (C=O) groups excluding carboxylic acids is 2. The molecule has 1 aromatic carbocycles. The number of amides is 3. The molecule has 3 amide bonds. The van der Waals surface area contributed by atoms with Gasteiger partial charge in [-0.25, -0.2) is 13.6 Å². The standard InChI is InChI=1S/C22H24F2N6O2S/c1-29(2)7-8-30(22(32)27-15-4-5-16(23)17(24)9-15)11-14-3-6-19(26-10-14)21(31)28-20-13-33-12-18(20)25/h3-6,9-10,12-13H,7-8,11,25H2,1-2H3,(H,27,32)(H,28,31). The molecule has 0 aliphatic carbocycles. The van der Waals surface area contributed by atoms with Crippen molar-refractivity contribution in [2.45, 2.75) is 6.54 Å².